The van der Waals surface area contributed by atoms with Crippen molar-refractivity contribution in [2.75, 3.05) is 0 Å². The third-order valence-corrected chi connectivity index (χ3v) is 2.43. The molecule has 0 aliphatic carbocycles. The van der Waals surface area contributed by atoms with Crippen LogP contribution in [0.15, 0.2) is 12.2 Å². The van der Waals surface area contributed by atoms with Crippen LogP contribution >= 0.6 is 0 Å². The first-order valence-corrected chi connectivity index (χ1v) is 5.35. The third kappa shape index (κ3) is 6.45. The normalized spacial score (nSPS) is 12.9. The van der Waals surface area contributed by atoms with Crippen LogP contribution in [0.4, 0.5) is 0 Å². The second kappa shape index (κ2) is 7.39. The van der Waals surface area contributed by atoms with Crippen molar-refractivity contribution < 1.29 is 0 Å². The van der Waals surface area contributed by atoms with E-state index in [2.05, 4.69) is 27.4 Å². The maximum absolute atomic E-state index is 3.97. The monoisotopic (exact) mass is 168 g/mol. The van der Waals surface area contributed by atoms with Crippen LogP contribution in [0.2, 0.25) is 0 Å². The van der Waals surface area contributed by atoms with Crippen LogP contribution in [0.1, 0.15) is 59.3 Å². The van der Waals surface area contributed by atoms with Gasteiger partial charge < -0.3 is 0 Å². The Labute approximate surface area is 78.1 Å². The topological polar surface area (TPSA) is 0 Å². The second-order valence-electron chi connectivity index (χ2n) is 3.93. The largest absolute Gasteiger partial charge is 0.100 e. The van der Waals surface area contributed by atoms with Crippen molar-refractivity contribution in [3.05, 3.63) is 12.2 Å². The summed E-state index contributed by atoms with van der Waals surface area (Å²) in [4.78, 5) is 0. The van der Waals surface area contributed by atoms with Crippen LogP contribution in [0.25, 0.3) is 0 Å². The third-order valence-electron chi connectivity index (χ3n) is 2.43. The zero-order valence-electron chi connectivity index (χ0n) is 9.03. The van der Waals surface area contributed by atoms with Gasteiger partial charge in [0, 0.05) is 0 Å². The van der Waals surface area contributed by atoms with E-state index in [1.807, 2.05) is 0 Å². The van der Waals surface area contributed by atoms with Gasteiger partial charge in [0.2, 0.25) is 0 Å². The van der Waals surface area contributed by atoms with E-state index < -0.39 is 0 Å². The summed E-state index contributed by atoms with van der Waals surface area (Å²) in [6.45, 7) is 10.7. The highest BCUT2D eigenvalue weighted by Crippen LogP contribution is 2.20. The molecule has 0 heterocycles. The minimum absolute atomic E-state index is 0.897. The summed E-state index contributed by atoms with van der Waals surface area (Å²) in [6, 6.07) is 0. The quantitative estimate of drug-likeness (QED) is 0.386. The molecule has 0 rings (SSSR count). The van der Waals surface area contributed by atoms with Gasteiger partial charge in [0.25, 0.3) is 0 Å². The van der Waals surface area contributed by atoms with Gasteiger partial charge in [-0.1, -0.05) is 51.5 Å². The lowest BCUT2D eigenvalue weighted by atomic mass is 9.93. The van der Waals surface area contributed by atoms with Crippen LogP contribution < -0.4 is 0 Å². The first kappa shape index (κ1) is 11.7. The summed E-state index contributed by atoms with van der Waals surface area (Å²) in [7, 11) is 0. The molecule has 0 aromatic rings. The van der Waals surface area contributed by atoms with E-state index in [1.54, 1.807) is 0 Å². The minimum Gasteiger partial charge on any atom is -0.100 e. The molecule has 1 unspecified atom stereocenters. The maximum atomic E-state index is 3.97. The Kier molecular flexibility index (Phi) is 7.23. The van der Waals surface area contributed by atoms with Gasteiger partial charge in [-0.2, -0.15) is 0 Å². The molecule has 0 N–H and O–H groups in total. The van der Waals surface area contributed by atoms with Gasteiger partial charge in [-0.3, -0.25) is 0 Å². The smallest absolute Gasteiger partial charge is 0.0297 e. The highest BCUT2D eigenvalue weighted by molar-refractivity contribution is 4.89. The fourth-order valence-corrected chi connectivity index (χ4v) is 1.63. The van der Waals surface area contributed by atoms with E-state index in [0.29, 0.717) is 0 Å². The molecule has 0 nitrogen and oxygen atoms in total. The number of hydrogen-bond donors (Lipinski definition) is 0. The summed E-state index contributed by atoms with van der Waals surface area (Å²) in [5.41, 5.74) is 1.35. The van der Waals surface area contributed by atoms with Gasteiger partial charge in [0.15, 0.2) is 0 Å². The van der Waals surface area contributed by atoms with Crippen LogP contribution in [0, 0.1) is 5.92 Å². The summed E-state index contributed by atoms with van der Waals surface area (Å²) < 4.78 is 0. The van der Waals surface area contributed by atoms with Gasteiger partial charge >= 0.3 is 0 Å². The Balaban J connectivity index is 3.46. The Hall–Kier alpha value is -0.260. The lowest BCUT2D eigenvalue weighted by Crippen LogP contribution is -1.99. The lowest BCUT2D eigenvalue weighted by Gasteiger charge is -2.13. The molecule has 0 spiro atoms. The van der Waals surface area contributed by atoms with E-state index in [1.165, 1.54) is 44.1 Å². The fraction of sp³-hybridized carbons (Fsp3) is 0.833. The van der Waals surface area contributed by atoms with Crippen LogP contribution in [0.5, 0.6) is 0 Å². The SMILES string of the molecule is C=C(C)CC(CC)CCCCC. The number of hydrogen-bond acceptors (Lipinski definition) is 0. The molecule has 0 fully saturated rings. The summed E-state index contributed by atoms with van der Waals surface area (Å²) in [6.07, 6.45) is 8.09. The molecule has 0 heteroatoms. The van der Waals surface area contributed by atoms with Gasteiger partial charge in [0.1, 0.15) is 0 Å². The number of allylic oxidation sites excluding steroid dienone is 1. The summed E-state index contributed by atoms with van der Waals surface area (Å²) in [5.74, 6) is 0.897. The van der Waals surface area contributed by atoms with Crippen LogP contribution in [-0.2, 0) is 0 Å². The Morgan fingerprint density at radius 1 is 1.25 bits per heavy atom. The predicted octanol–water partition coefficient (Wildman–Crippen LogP) is 4.56. The van der Waals surface area contributed by atoms with Crippen molar-refractivity contribution in [1.29, 1.82) is 0 Å². The number of unbranched alkanes of at least 4 members (excludes halogenated alkanes) is 2. The van der Waals surface area contributed by atoms with Crippen LogP contribution in [-0.4, -0.2) is 0 Å². The molecule has 0 amide bonds. The molecule has 0 radical (unpaired) electrons. The summed E-state index contributed by atoms with van der Waals surface area (Å²) in [5, 5.41) is 0. The van der Waals surface area contributed by atoms with Crippen LogP contribution in [0.3, 0.4) is 0 Å². The molecular formula is C12H24. The molecule has 0 aromatic heterocycles. The standard InChI is InChI=1S/C12H24/c1-5-7-8-9-12(6-2)10-11(3)4/h12H,3,5-10H2,1-2,4H3. The van der Waals surface area contributed by atoms with Gasteiger partial charge in [-0.15, -0.1) is 6.58 Å². The summed E-state index contributed by atoms with van der Waals surface area (Å²) >= 11 is 0. The predicted molar refractivity (Wildman–Crippen MR) is 57.4 cm³/mol. The molecular weight excluding hydrogens is 144 g/mol. The molecule has 0 aliphatic heterocycles. The van der Waals surface area contributed by atoms with Gasteiger partial charge in [-0.25, -0.2) is 0 Å². The van der Waals surface area contributed by atoms with E-state index >= 15 is 0 Å². The average Bonchev–Trinajstić information content (AvgIpc) is 2.02. The number of rotatable bonds is 7. The van der Waals surface area contributed by atoms with E-state index in [0.717, 1.165) is 5.92 Å². The average molecular weight is 168 g/mol. The molecule has 12 heavy (non-hydrogen) atoms. The van der Waals surface area contributed by atoms with Crippen molar-refractivity contribution in [1.82, 2.24) is 0 Å². The molecule has 0 aliphatic rings. The van der Waals surface area contributed by atoms with E-state index in [4.69, 9.17) is 0 Å². The molecule has 0 saturated heterocycles. The maximum Gasteiger partial charge on any atom is -0.0297 e. The highest BCUT2D eigenvalue weighted by atomic mass is 14.1. The van der Waals surface area contributed by atoms with Crippen molar-refractivity contribution in [2.45, 2.75) is 59.3 Å². The first-order chi connectivity index (χ1) is 5.70. The molecule has 0 saturated carbocycles. The second-order valence-corrected chi connectivity index (χ2v) is 3.93. The fourth-order valence-electron chi connectivity index (χ4n) is 1.63. The molecule has 1 atom stereocenters. The Morgan fingerprint density at radius 2 is 1.92 bits per heavy atom. The van der Waals surface area contributed by atoms with Crippen molar-refractivity contribution >= 4 is 0 Å². The molecule has 0 bridgehead atoms. The molecule has 0 aromatic carbocycles. The minimum atomic E-state index is 0.897. The highest BCUT2D eigenvalue weighted by Gasteiger charge is 2.05. The van der Waals surface area contributed by atoms with Crippen molar-refractivity contribution in [3.8, 4) is 0 Å². The van der Waals surface area contributed by atoms with Gasteiger partial charge in [0.05, 0.1) is 0 Å². The Morgan fingerprint density at radius 3 is 2.33 bits per heavy atom. The lowest BCUT2D eigenvalue weighted by molar-refractivity contribution is 0.442. The Bertz CT molecular complexity index is 113. The van der Waals surface area contributed by atoms with E-state index in [-0.39, 0.29) is 0 Å². The molecule has 72 valence electrons. The van der Waals surface area contributed by atoms with Crippen molar-refractivity contribution in [2.24, 2.45) is 5.92 Å². The van der Waals surface area contributed by atoms with Gasteiger partial charge in [-0.05, 0) is 19.3 Å². The zero-order chi connectivity index (χ0) is 9.40. The zero-order valence-corrected chi connectivity index (χ0v) is 9.03. The van der Waals surface area contributed by atoms with E-state index in [9.17, 15) is 0 Å². The first-order valence-electron chi connectivity index (χ1n) is 5.35. The van der Waals surface area contributed by atoms with Crippen molar-refractivity contribution in [3.63, 3.8) is 0 Å².